The molecule has 1 aliphatic heterocycles. The van der Waals surface area contributed by atoms with Crippen LogP contribution in [0.4, 0.5) is 5.69 Å². The third kappa shape index (κ3) is 1.33. The van der Waals surface area contributed by atoms with Crippen molar-refractivity contribution in [2.45, 2.75) is 6.92 Å². The summed E-state index contributed by atoms with van der Waals surface area (Å²) in [6.45, 7) is 1.83. The average molecular weight is 186 g/mol. The number of hydrogen-bond acceptors (Lipinski definition) is 2. The summed E-state index contributed by atoms with van der Waals surface area (Å²) in [5.74, 6) is -0.0706. The summed E-state index contributed by atoms with van der Waals surface area (Å²) in [6, 6.07) is 9.38. The van der Waals surface area contributed by atoms with Crippen LogP contribution in [0.15, 0.2) is 47.1 Å². The number of hydrogen-bond donors (Lipinski definition) is 0. The van der Waals surface area contributed by atoms with E-state index >= 15 is 0 Å². The Morgan fingerprint density at radius 3 is 2.57 bits per heavy atom. The Kier molecular flexibility index (Phi) is 2.14. The molecule has 0 fully saturated rings. The fourth-order valence-electron chi connectivity index (χ4n) is 1.30. The van der Waals surface area contributed by atoms with Gasteiger partial charge < -0.3 is 0 Å². The molecule has 0 radical (unpaired) electrons. The normalized spacial score (nSPS) is 18.2. The molecular weight excluding hydrogens is 176 g/mol. The zero-order valence-corrected chi connectivity index (χ0v) is 7.84. The van der Waals surface area contributed by atoms with E-state index in [4.69, 9.17) is 0 Å². The maximum atomic E-state index is 11.7. The van der Waals surface area contributed by atoms with E-state index < -0.39 is 0 Å². The second kappa shape index (κ2) is 3.46. The summed E-state index contributed by atoms with van der Waals surface area (Å²) >= 11 is 0. The predicted octanol–water partition coefficient (Wildman–Crippen LogP) is 1.97. The third-order valence-electron chi connectivity index (χ3n) is 2.06. The first-order valence-electron chi connectivity index (χ1n) is 4.42. The van der Waals surface area contributed by atoms with E-state index in [9.17, 15) is 4.79 Å². The van der Waals surface area contributed by atoms with Crippen LogP contribution in [-0.2, 0) is 4.79 Å². The molecule has 0 bridgehead atoms. The van der Waals surface area contributed by atoms with Crippen LogP contribution >= 0.6 is 0 Å². The highest BCUT2D eigenvalue weighted by Gasteiger charge is 2.22. The highest BCUT2D eigenvalue weighted by molar-refractivity contribution is 6.22. The molecule has 70 valence electrons. The summed E-state index contributed by atoms with van der Waals surface area (Å²) < 4.78 is 0. The Labute approximate surface area is 82.3 Å². The fraction of sp³-hybridized carbons (Fsp3) is 0.0909. The molecule has 14 heavy (non-hydrogen) atoms. The SMILES string of the molecule is C/C=C1\C=NN(c2ccccc2)C1=O. The minimum absolute atomic E-state index is 0.0706. The predicted molar refractivity (Wildman–Crippen MR) is 56.2 cm³/mol. The maximum absolute atomic E-state index is 11.7. The number of allylic oxidation sites excluding steroid dienone is 1. The van der Waals surface area contributed by atoms with E-state index in [2.05, 4.69) is 5.10 Å². The van der Waals surface area contributed by atoms with Crippen molar-refractivity contribution in [3.05, 3.63) is 42.0 Å². The van der Waals surface area contributed by atoms with Gasteiger partial charge in [0.15, 0.2) is 0 Å². The molecule has 1 heterocycles. The van der Waals surface area contributed by atoms with Gasteiger partial charge in [-0.3, -0.25) is 4.79 Å². The Bertz CT molecular complexity index is 407. The third-order valence-corrected chi connectivity index (χ3v) is 2.06. The van der Waals surface area contributed by atoms with Gasteiger partial charge in [0.25, 0.3) is 5.91 Å². The number of nitrogens with zero attached hydrogens (tertiary/aromatic N) is 2. The van der Waals surface area contributed by atoms with Gasteiger partial charge in [0.1, 0.15) is 0 Å². The van der Waals surface area contributed by atoms with Crippen LogP contribution in [0, 0.1) is 0 Å². The molecule has 0 saturated carbocycles. The van der Waals surface area contributed by atoms with Crippen molar-refractivity contribution in [2.24, 2.45) is 5.10 Å². The quantitative estimate of drug-likeness (QED) is 0.617. The molecule has 0 saturated heterocycles. The number of amides is 1. The lowest BCUT2D eigenvalue weighted by molar-refractivity contribution is -0.114. The van der Waals surface area contributed by atoms with Crippen LogP contribution in [0.5, 0.6) is 0 Å². The van der Waals surface area contributed by atoms with Crippen molar-refractivity contribution in [2.75, 3.05) is 5.01 Å². The van der Waals surface area contributed by atoms with Crippen molar-refractivity contribution in [3.63, 3.8) is 0 Å². The van der Waals surface area contributed by atoms with E-state index in [1.807, 2.05) is 37.3 Å². The van der Waals surface area contributed by atoms with Gasteiger partial charge in [-0.2, -0.15) is 10.1 Å². The first-order chi connectivity index (χ1) is 6.83. The summed E-state index contributed by atoms with van der Waals surface area (Å²) in [5.41, 5.74) is 1.43. The molecule has 2 rings (SSSR count). The molecule has 0 aromatic heterocycles. The monoisotopic (exact) mass is 186 g/mol. The minimum atomic E-state index is -0.0706. The van der Waals surface area contributed by atoms with Crippen molar-refractivity contribution >= 4 is 17.8 Å². The minimum Gasteiger partial charge on any atom is -0.267 e. The Hall–Kier alpha value is -1.90. The van der Waals surface area contributed by atoms with E-state index in [0.29, 0.717) is 5.57 Å². The van der Waals surface area contributed by atoms with Gasteiger partial charge in [-0.15, -0.1) is 0 Å². The van der Waals surface area contributed by atoms with Gasteiger partial charge in [-0.25, -0.2) is 0 Å². The van der Waals surface area contributed by atoms with Crippen molar-refractivity contribution < 1.29 is 4.79 Å². The molecule has 0 unspecified atom stereocenters. The molecule has 3 heteroatoms. The summed E-state index contributed by atoms with van der Waals surface area (Å²) in [5, 5.41) is 5.43. The molecule has 0 spiro atoms. The lowest BCUT2D eigenvalue weighted by atomic mass is 10.2. The number of para-hydroxylation sites is 1. The Morgan fingerprint density at radius 1 is 1.29 bits per heavy atom. The number of carbonyl (C=O) groups excluding carboxylic acids is 1. The molecule has 1 amide bonds. The van der Waals surface area contributed by atoms with Gasteiger partial charge in [-0.1, -0.05) is 24.3 Å². The first kappa shape index (κ1) is 8.69. The van der Waals surface area contributed by atoms with E-state index in [1.165, 1.54) is 5.01 Å². The van der Waals surface area contributed by atoms with Crippen LogP contribution in [0.3, 0.4) is 0 Å². The van der Waals surface area contributed by atoms with Crippen molar-refractivity contribution in [3.8, 4) is 0 Å². The van der Waals surface area contributed by atoms with E-state index in [-0.39, 0.29) is 5.91 Å². The van der Waals surface area contributed by atoms with E-state index in [0.717, 1.165) is 5.69 Å². The summed E-state index contributed by atoms with van der Waals surface area (Å²) in [6.07, 6.45) is 3.34. The molecule has 1 aromatic carbocycles. The van der Waals surface area contributed by atoms with Gasteiger partial charge >= 0.3 is 0 Å². The van der Waals surface area contributed by atoms with Crippen LogP contribution in [0.2, 0.25) is 0 Å². The number of benzene rings is 1. The molecule has 1 aromatic rings. The number of rotatable bonds is 1. The first-order valence-corrected chi connectivity index (χ1v) is 4.42. The topological polar surface area (TPSA) is 32.7 Å². The second-order valence-corrected chi connectivity index (χ2v) is 2.94. The highest BCUT2D eigenvalue weighted by atomic mass is 16.2. The summed E-state index contributed by atoms with van der Waals surface area (Å²) in [4.78, 5) is 11.7. The van der Waals surface area contributed by atoms with E-state index in [1.54, 1.807) is 12.3 Å². The molecule has 3 nitrogen and oxygen atoms in total. The van der Waals surface area contributed by atoms with Gasteiger partial charge in [0.2, 0.25) is 0 Å². The highest BCUT2D eigenvalue weighted by Crippen LogP contribution is 2.19. The van der Waals surface area contributed by atoms with Crippen LogP contribution in [-0.4, -0.2) is 12.1 Å². The number of carbonyl (C=O) groups is 1. The van der Waals surface area contributed by atoms with Crippen LogP contribution < -0.4 is 5.01 Å². The lowest BCUT2D eigenvalue weighted by Crippen LogP contribution is -2.20. The van der Waals surface area contributed by atoms with Gasteiger partial charge in [-0.05, 0) is 19.1 Å². The van der Waals surface area contributed by atoms with Crippen molar-refractivity contribution in [1.29, 1.82) is 0 Å². The van der Waals surface area contributed by atoms with Gasteiger partial charge in [0.05, 0.1) is 17.5 Å². The smallest absolute Gasteiger partial charge is 0.267 e. The Morgan fingerprint density at radius 2 is 2.00 bits per heavy atom. The largest absolute Gasteiger partial charge is 0.279 e. The lowest BCUT2D eigenvalue weighted by Gasteiger charge is -2.10. The van der Waals surface area contributed by atoms with Crippen LogP contribution in [0.25, 0.3) is 0 Å². The molecule has 0 aliphatic carbocycles. The maximum Gasteiger partial charge on any atom is 0.279 e. The zero-order valence-electron chi connectivity index (χ0n) is 7.84. The number of hydrazone groups is 1. The van der Waals surface area contributed by atoms with Crippen molar-refractivity contribution in [1.82, 2.24) is 0 Å². The summed E-state index contributed by atoms with van der Waals surface area (Å²) in [7, 11) is 0. The molecule has 0 atom stereocenters. The number of anilines is 1. The molecular formula is C11H10N2O. The van der Waals surface area contributed by atoms with Crippen LogP contribution in [0.1, 0.15) is 6.92 Å². The fourth-order valence-corrected chi connectivity index (χ4v) is 1.30. The average Bonchev–Trinajstić information content (AvgIpc) is 2.61. The van der Waals surface area contributed by atoms with Gasteiger partial charge in [0, 0.05) is 0 Å². The zero-order chi connectivity index (χ0) is 9.97. The molecule has 1 aliphatic rings. The Balaban J connectivity index is 2.32. The standard InChI is InChI=1S/C11H10N2O/c1-2-9-8-12-13(11(9)14)10-6-4-3-5-7-10/h2-8H,1H3/b9-2+. The molecule has 0 N–H and O–H groups in total. The second-order valence-electron chi connectivity index (χ2n) is 2.94.